The third kappa shape index (κ3) is 2.30. The van der Waals surface area contributed by atoms with Crippen molar-refractivity contribution >= 4 is 16.7 Å². The van der Waals surface area contributed by atoms with E-state index in [1.165, 1.54) is 43.4 Å². The summed E-state index contributed by atoms with van der Waals surface area (Å²) in [6.45, 7) is 4.60. The molecule has 0 amide bonds. The maximum Gasteiger partial charge on any atom is 0.109 e. The summed E-state index contributed by atoms with van der Waals surface area (Å²) in [5.41, 5.74) is 9.02. The van der Waals surface area contributed by atoms with Gasteiger partial charge in [0.25, 0.3) is 0 Å². The standard InChI is InChI=1S/C17H25N3/c1-3-17-19-14-11-13(18)9-10-16(14)20(17)15-8-6-4-5-7-12(15)2/h9-12,15H,3-8,18H2,1-2H3. The van der Waals surface area contributed by atoms with Gasteiger partial charge >= 0.3 is 0 Å². The van der Waals surface area contributed by atoms with Gasteiger partial charge in [0.15, 0.2) is 0 Å². The fourth-order valence-corrected chi connectivity index (χ4v) is 3.64. The summed E-state index contributed by atoms with van der Waals surface area (Å²) in [5, 5.41) is 0. The number of imidazole rings is 1. The van der Waals surface area contributed by atoms with Crippen molar-refractivity contribution in [2.45, 2.75) is 58.4 Å². The van der Waals surface area contributed by atoms with Crippen LogP contribution in [0.1, 0.15) is 57.8 Å². The van der Waals surface area contributed by atoms with Gasteiger partial charge in [0, 0.05) is 18.2 Å². The summed E-state index contributed by atoms with van der Waals surface area (Å²) in [4.78, 5) is 4.82. The molecule has 3 nitrogen and oxygen atoms in total. The quantitative estimate of drug-likeness (QED) is 0.653. The first-order valence-electron chi connectivity index (χ1n) is 7.97. The maximum absolute atomic E-state index is 5.91. The number of nitrogens with two attached hydrogens (primary N) is 1. The highest BCUT2D eigenvalue weighted by molar-refractivity contribution is 5.79. The van der Waals surface area contributed by atoms with E-state index in [1.54, 1.807) is 0 Å². The maximum atomic E-state index is 5.91. The topological polar surface area (TPSA) is 43.8 Å². The second-order valence-corrected chi connectivity index (χ2v) is 6.18. The first-order chi connectivity index (χ1) is 9.70. The van der Waals surface area contributed by atoms with Crippen LogP contribution in [0.4, 0.5) is 5.69 Å². The minimum Gasteiger partial charge on any atom is -0.399 e. The van der Waals surface area contributed by atoms with E-state index < -0.39 is 0 Å². The molecule has 2 aromatic rings. The number of nitrogens with zero attached hydrogens (tertiary/aromatic N) is 2. The predicted octanol–water partition coefficient (Wildman–Crippen LogP) is 4.32. The Hall–Kier alpha value is -1.51. The number of fused-ring (bicyclic) bond motifs is 1. The van der Waals surface area contributed by atoms with Gasteiger partial charge in [0.2, 0.25) is 0 Å². The van der Waals surface area contributed by atoms with Crippen molar-refractivity contribution in [1.82, 2.24) is 9.55 Å². The minimum absolute atomic E-state index is 0.598. The summed E-state index contributed by atoms with van der Waals surface area (Å²) in [7, 11) is 0. The Kier molecular flexibility index (Phi) is 3.68. The molecule has 20 heavy (non-hydrogen) atoms. The third-order valence-corrected chi connectivity index (χ3v) is 4.75. The van der Waals surface area contributed by atoms with Crippen LogP contribution in [0.5, 0.6) is 0 Å². The summed E-state index contributed by atoms with van der Waals surface area (Å²) < 4.78 is 2.50. The van der Waals surface area contributed by atoms with Crippen molar-refractivity contribution in [2.24, 2.45) is 5.92 Å². The van der Waals surface area contributed by atoms with Gasteiger partial charge in [-0.1, -0.05) is 33.1 Å². The molecule has 3 heteroatoms. The first kappa shape index (κ1) is 13.5. The van der Waals surface area contributed by atoms with Crippen LogP contribution in [0.2, 0.25) is 0 Å². The van der Waals surface area contributed by atoms with Crippen LogP contribution in [0.15, 0.2) is 18.2 Å². The van der Waals surface area contributed by atoms with E-state index in [0.29, 0.717) is 6.04 Å². The number of rotatable bonds is 2. The van der Waals surface area contributed by atoms with Gasteiger partial charge in [0.05, 0.1) is 11.0 Å². The monoisotopic (exact) mass is 271 g/mol. The Morgan fingerprint density at radius 2 is 2.05 bits per heavy atom. The molecular weight excluding hydrogens is 246 g/mol. The van der Waals surface area contributed by atoms with Crippen molar-refractivity contribution in [1.29, 1.82) is 0 Å². The number of nitrogen functional groups attached to an aromatic ring is 1. The Labute approximate surface area is 121 Å². The van der Waals surface area contributed by atoms with Crippen LogP contribution in [0.25, 0.3) is 11.0 Å². The highest BCUT2D eigenvalue weighted by Gasteiger charge is 2.25. The van der Waals surface area contributed by atoms with Gasteiger partial charge in [0.1, 0.15) is 5.82 Å². The molecule has 1 aromatic carbocycles. The number of benzene rings is 1. The van der Waals surface area contributed by atoms with Gasteiger partial charge in [-0.25, -0.2) is 4.98 Å². The summed E-state index contributed by atoms with van der Waals surface area (Å²) >= 11 is 0. The largest absolute Gasteiger partial charge is 0.399 e. The molecule has 0 bridgehead atoms. The average Bonchev–Trinajstić information content (AvgIpc) is 2.66. The second-order valence-electron chi connectivity index (χ2n) is 6.18. The number of hydrogen-bond acceptors (Lipinski definition) is 2. The lowest BCUT2D eigenvalue weighted by atomic mass is 9.96. The molecule has 1 aromatic heterocycles. The molecule has 108 valence electrons. The van der Waals surface area contributed by atoms with Crippen LogP contribution in [-0.2, 0) is 6.42 Å². The van der Waals surface area contributed by atoms with E-state index in [9.17, 15) is 0 Å². The summed E-state index contributed by atoms with van der Waals surface area (Å²) in [5.74, 6) is 1.95. The average molecular weight is 271 g/mol. The van der Waals surface area contributed by atoms with Crippen LogP contribution in [-0.4, -0.2) is 9.55 Å². The van der Waals surface area contributed by atoms with E-state index in [1.807, 2.05) is 12.1 Å². The molecule has 2 atom stereocenters. The van der Waals surface area contributed by atoms with Crippen LogP contribution >= 0.6 is 0 Å². The molecule has 0 radical (unpaired) electrons. The fraction of sp³-hybridized carbons (Fsp3) is 0.588. The molecule has 1 aliphatic carbocycles. The van der Waals surface area contributed by atoms with Gasteiger partial charge in [-0.05, 0) is 37.0 Å². The lowest BCUT2D eigenvalue weighted by molar-refractivity contribution is 0.333. The van der Waals surface area contributed by atoms with Gasteiger partial charge in [-0.3, -0.25) is 0 Å². The number of anilines is 1. The van der Waals surface area contributed by atoms with E-state index in [0.717, 1.165) is 23.5 Å². The second kappa shape index (κ2) is 5.47. The molecule has 3 rings (SSSR count). The molecular formula is C17H25N3. The van der Waals surface area contributed by atoms with E-state index in [2.05, 4.69) is 24.5 Å². The molecule has 0 saturated heterocycles. The minimum atomic E-state index is 0.598. The number of aryl methyl sites for hydroxylation is 1. The Balaban J connectivity index is 2.12. The van der Waals surface area contributed by atoms with E-state index in [-0.39, 0.29) is 0 Å². The molecule has 1 heterocycles. The first-order valence-corrected chi connectivity index (χ1v) is 7.97. The molecule has 1 fully saturated rings. The van der Waals surface area contributed by atoms with Gasteiger partial charge < -0.3 is 10.3 Å². The zero-order chi connectivity index (χ0) is 14.1. The fourth-order valence-electron chi connectivity index (χ4n) is 3.64. The normalized spacial score (nSPS) is 23.9. The van der Waals surface area contributed by atoms with Crippen molar-refractivity contribution in [2.75, 3.05) is 5.73 Å². The van der Waals surface area contributed by atoms with Crippen LogP contribution in [0.3, 0.4) is 0 Å². The molecule has 2 unspecified atom stereocenters. The van der Waals surface area contributed by atoms with Crippen molar-refractivity contribution in [3.63, 3.8) is 0 Å². The Bertz CT molecular complexity index is 600. The van der Waals surface area contributed by atoms with Gasteiger partial charge in [-0.15, -0.1) is 0 Å². The SMILES string of the molecule is CCc1nc2cc(N)ccc2n1C1CCCCCC1C. The summed E-state index contributed by atoms with van der Waals surface area (Å²) in [6.07, 6.45) is 7.69. The van der Waals surface area contributed by atoms with Crippen molar-refractivity contribution in [3.8, 4) is 0 Å². The number of hydrogen-bond donors (Lipinski definition) is 1. The third-order valence-electron chi connectivity index (χ3n) is 4.75. The zero-order valence-corrected chi connectivity index (χ0v) is 12.6. The van der Waals surface area contributed by atoms with Gasteiger partial charge in [-0.2, -0.15) is 0 Å². The number of aromatic nitrogens is 2. The zero-order valence-electron chi connectivity index (χ0n) is 12.6. The molecule has 1 aliphatic rings. The highest BCUT2D eigenvalue weighted by atomic mass is 15.1. The smallest absolute Gasteiger partial charge is 0.109 e. The highest BCUT2D eigenvalue weighted by Crippen LogP contribution is 2.36. The Morgan fingerprint density at radius 1 is 1.25 bits per heavy atom. The van der Waals surface area contributed by atoms with Crippen molar-refractivity contribution < 1.29 is 0 Å². The van der Waals surface area contributed by atoms with E-state index in [4.69, 9.17) is 10.7 Å². The van der Waals surface area contributed by atoms with Crippen LogP contribution < -0.4 is 5.73 Å². The van der Waals surface area contributed by atoms with Crippen LogP contribution in [0, 0.1) is 5.92 Å². The van der Waals surface area contributed by atoms with E-state index >= 15 is 0 Å². The Morgan fingerprint density at radius 3 is 2.85 bits per heavy atom. The molecule has 2 N–H and O–H groups in total. The molecule has 0 spiro atoms. The molecule has 1 saturated carbocycles. The lowest BCUT2D eigenvalue weighted by Crippen LogP contribution is -2.18. The predicted molar refractivity (Wildman–Crippen MR) is 84.8 cm³/mol. The summed E-state index contributed by atoms with van der Waals surface area (Å²) in [6, 6.07) is 6.75. The van der Waals surface area contributed by atoms with Crippen molar-refractivity contribution in [3.05, 3.63) is 24.0 Å². The lowest BCUT2D eigenvalue weighted by Gasteiger charge is -2.25. The molecule has 0 aliphatic heterocycles.